The highest BCUT2D eigenvalue weighted by molar-refractivity contribution is 5.94. The summed E-state index contributed by atoms with van der Waals surface area (Å²) in [6.45, 7) is 7.25. The second kappa shape index (κ2) is 12.0. The van der Waals surface area contributed by atoms with Crippen LogP contribution < -0.4 is 20.7 Å². The smallest absolute Gasteiger partial charge is 0.243 e. The molecule has 1 unspecified atom stereocenters. The van der Waals surface area contributed by atoms with E-state index < -0.39 is 0 Å². The molecule has 32 heavy (non-hydrogen) atoms. The van der Waals surface area contributed by atoms with Crippen LogP contribution in [0.15, 0.2) is 47.5 Å². The van der Waals surface area contributed by atoms with Gasteiger partial charge in [0.1, 0.15) is 11.6 Å². The molecule has 3 rings (SSSR count). The van der Waals surface area contributed by atoms with E-state index in [1.807, 2.05) is 32.0 Å². The van der Waals surface area contributed by atoms with Crippen molar-refractivity contribution < 1.29 is 18.7 Å². The number of nitrogens with zero attached hydrogens (tertiary/aromatic N) is 1. The minimum absolute atomic E-state index is 0.0299. The number of hydrogen-bond acceptors (Lipinski definition) is 4. The molecule has 2 aromatic rings. The third-order valence-corrected chi connectivity index (χ3v) is 5.02. The topological polar surface area (TPSA) is 84.0 Å². The van der Waals surface area contributed by atoms with Crippen molar-refractivity contribution in [1.29, 1.82) is 0 Å². The van der Waals surface area contributed by atoms with Gasteiger partial charge in [-0.3, -0.25) is 4.79 Å². The Morgan fingerprint density at radius 2 is 2.03 bits per heavy atom. The molecule has 0 aliphatic carbocycles. The number of anilines is 1. The van der Waals surface area contributed by atoms with E-state index in [0.29, 0.717) is 37.3 Å². The number of nitrogens with one attached hydrogen (secondary N) is 3. The average molecular weight is 443 g/mol. The molecule has 0 spiro atoms. The Balaban J connectivity index is 1.57. The number of benzene rings is 2. The van der Waals surface area contributed by atoms with Crippen LogP contribution in [0.1, 0.15) is 24.5 Å². The van der Waals surface area contributed by atoms with Gasteiger partial charge < -0.3 is 25.4 Å². The van der Waals surface area contributed by atoms with Crippen LogP contribution in [0.4, 0.5) is 10.1 Å². The zero-order valence-corrected chi connectivity index (χ0v) is 18.6. The number of halogens is 1. The van der Waals surface area contributed by atoms with E-state index in [-0.39, 0.29) is 18.3 Å². The van der Waals surface area contributed by atoms with Crippen LogP contribution in [0, 0.1) is 18.7 Å². The Labute approximate surface area is 188 Å². The summed E-state index contributed by atoms with van der Waals surface area (Å²) in [5.74, 6) is 1.17. The molecule has 1 fully saturated rings. The van der Waals surface area contributed by atoms with E-state index in [1.54, 1.807) is 0 Å². The van der Waals surface area contributed by atoms with Gasteiger partial charge in [0, 0.05) is 30.3 Å². The molecule has 0 radical (unpaired) electrons. The maximum atomic E-state index is 13.0. The van der Waals surface area contributed by atoms with Crippen LogP contribution in [0.2, 0.25) is 0 Å². The molecule has 1 amide bonds. The Hall–Kier alpha value is -3.13. The number of carbonyl (C=O) groups excluding carboxylic acids is 1. The quantitative estimate of drug-likeness (QED) is 0.410. The first-order valence-corrected chi connectivity index (χ1v) is 10.9. The lowest BCUT2D eigenvalue weighted by atomic mass is 10.1. The van der Waals surface area contributed by atoms with Crippen LogP contribution in [0.25, 0.3) is 0 Å². The molecule has 7 nitrogen and oxygen atoms in total. The molecule has 0 bridgehead atoms. The van der Waals surface area contributed by atoms with Crippen molar-refractivity contribution >= 4 is 17.6 Å². The number of amides is 1. The summed E-state index contributed by atoms with van der Waals surface area (Å²) in [5, 5.41) is 8.88. The number of aryl methyl sites for hydroxylation is 1. The number of rotatable bonds is 9. The second-order valence-corrected chi connectivity index (χ2v) is 7.76. The van der Waals surface area contributed by atoms with Gasteiger partial charge in [-0.1, -0.05) is 12.1 Å². The van der Waals surface area contributed by atoms with Gasteiger partial charge in [0.25, 0.3) is 0 Å². The molecule has 3 N–H and O–H groups in total. The van der Waals surface area contributed by atoms with E-state index in [0.717, 1.165) is 36.5 Å². The average Bonchev–Trinajstić information content (AvgIpc) is 3.30. The van der Waals surface area contributed by atoms with Gasteiger partial charge in [-0.2, -0.15) is 0 Å². The van der Waals surface area contributed by atoms with Gasteiger partial charge in [0.2, 0.25) is 5.91 Å². The lowest BCUT2D eigenvalue weighted by Crippen LogP contribution is -2.41. The van der Waals surface area contributed by atoms with Crippen molar-refractivity contribution in [3.05, 3.63) is 59.4 Å². The van der Waals surface area contributed by atoms with Crippen LogP contribution in [0.3, 0.4) is 0 Å². The summed E-state index contributed by atoms with van der Waals surface area (Å²) >= 11 is 0. The van der Waals surface area contributed by atoms with Gasteiger partial charge in [-0.05, 0) is 56.2 Å². The van der Waals surface area contributed by atoms with Crippen molar-refractivity contribution in [3.63, 3.8) is 0 Å². The number of ether oxygens (including phenoxy) is 2. The van der Waals surface area contributed by atoms with E-state index in [1.165, 1.54) is 24.3 Å². The van der Waals surface area contributed by atoms with Crippen molar-refractivity contribution in [2.24, 2.45) is 10.9 Å². The van der Waals surface area contributed by atoms with E-state index >= 15 is 0 Å². The predicted molar refractivity (Wildman–Crippen MR) is 123 cm³/mol. The Morgan fingerprint density at radius 1 is 1.22 bits per heavy atom. The fourth-order valence-corrected chi connectivity index (χ4v) is 3.26. The maximum Gasteiger partial charge on any atom is 0.243 e. The monoisotopic (exact) mass is 442 g/mol. The molecule has 1 atom stereocenters. The molecular formula is C24H31FN4O3. The van der Waals surface area contributed by atoms with Crippen molar-refractivity contribution in [2.45, 2.75) is 26.8 Å². The van der Waals surface area contributed by atoms with E-state index in [4.69, 9.17) is 9.47 Å². The molecule has 8 heteroatoms. The van der Waals surface area contributed by atoms with Gasteiger partial charge in [-0.15, -0.1) is 0 Å². The van der Waals surface area contributed by atoms with Gasteiger partial charge in [0.05, 0.1) is 26.3 Å². The highest BCUT2D eigenvalue weighted by Crippen LogP contribution is 2.23. The molecule has 1 aliphatic rings. The summed E-state index contributed by atoms with van der Waals surface area (Å²) in [5.41, 5.74) is 2.63. The molecule has 1 heterocycles. The molecule has 2 aromatic carbocycles. The first-order chi connectivity index (χ1) is 15.5. The molecule has 1 saturated heterocycles. The van der Waals surface area contributed by atoms with E-state index in [9.17, 15) is 9.18 Å². The van der Waals surface area contributed by atoms with Crippen molar-refractivity contribution in [2.75, 3.05) is 38.2 Å². The van der Waals surface area contributed by atoms with Crippen LogP contribution in [-0.4, -0.2) is 44.8 Å². The summed E-state index contributed by atoms with van der Waals surface area (Å²) in [6.07, 6.45) is 1.02. The summed E-state index contributed by atoms with van der Waals surface area (Å²) in [7, 11) is 0. The maximum absolute atomic E-state index is 13.0. The Kier molecular flexibility index (Phi) is 8.86. The third kappa shape index (κ3) is 7.53. The van der Waals surface area contributed by atoms with Gasteiger partial charge in [-0.25, -0.2) is 9.38 Å². The summed E-state index contributed by atoms with van der Waals surface area (Å²) in [4.78, 5) is 16.8. The lowest BCUT2D eigenvalue weighted by Gasteiger charge is -2.15. The molecule has 0 saturated carbocycles. The largest absolute Gasteiger partial charge is 0.493 e. The standard InChI is InChI=1S/C24H31FN4O3/c1-3-26-24(28-14-23(30)29-21-8-6-20(25)7-9-21)27-13-19-5-4-17(2)12-22(19)32-16-18-10-11-31-15-18/h4-9,12,18H,3,10-11,13-16H2,1-2H3,(H,29,30)(H2,26,27,28). The first kappa shape index (κ1) is 23.5. The lowest BCUT2D eigenvalue weighted by molar-refractivity contribution is -0.115. The highest BCUT2D eigenvalue weighted by atomic mass is 19.1. The number of aliphatic imine (C=N–C) groups is 1. The molecule has 172 valence electrons. The number of hydrogen-bond donors (Lipinski definition) is 3. The van der Waals surface area contributed by atoms with Crippen LogP contribution >= 0.6 is 0 Å². The number of guanidine groups is 1. The fourth-order valence-electron chi connectivity index (χ4n) is 3.26. The van der Waals surface area contributed by atoms with E-state index in [2.05, 4.69) is 20.9 Å². The summed E-state index contributed by atoms with van der Waals surface area (Å²) < 4.78 is 24.5. The van der Waals surface area contributed by atoms with Crippen LogP contribution in [0.5, 0.6) is 5.75 Å². The minimum atomic E-state index is -0.348. The predicted octanol–water partition coefficient (Wildman–Crippen LogP) is 3.24. The Morgan fingerprint density at radius 3 is 2.75 bits per heavy atom. The normalized spacial score (nSPS) is 16.0. The third-order valence-electron chi connectivity index (χ3n) is 5.02. The van der Waals surface area contributed by atoms with Gasteiger partial charge in [0.15, 0.2) is 5.96 Å². The zero-order valence-electron chi connectivity index (χ0n) is 18.6. The second-order valence-electron chi connectivity index (χ2n) is 7.76. The minimum Gasteiger partial charge on any atom is -0.493 e. The fraction of sp³-hybridized carbons (Fsp3) is 0.417. The van der Waals surface area contributed by atoms with Crippen molar-refractivity contribution in [1.82, 2.24) is 10.6 Å². The first-order valence-electron chi connectivity index (χ1n) is 10.9. The van der Waals surface area contributed by atoms with Crippen LogP contribution in [-0.2, 0) is 16.1 Å². The Bertz CT molecular complexity index is 912. The highest BCUT2D eigenvalue weighted by Gasteiger charge is 2.17. The SMILES string of the molecule is CCNC(=NCc1ccc(C)cc1OCC1CCOC1)NCC(=O)Nc1ccc(F)cc1. The molecule has 1 aliphatic heterocycles. The van der Waals surface area contributed by atoms with Crippen molar-refractivity contribution in [3.8, 4) is 5.75 Å². The van der Waals surface area contributed by atoms with Gasteiger partial charge >= 0.3 is 0 Å². The zero-order chi connectivity index (χ0) is 22.8. The summed E-state index contributed by atoms with van der Waals surface area (Å²) in [6, 6.07) is 11.7. The molecular weight excluding hydrogens is 411 g/mol. The number of carbonyl (C=O) groups is 1. The molecule has 0 aromatic heterocycles.